The van der Waals surface area contributed by atoms with Crippen LogP contribution >= 0.6 is 11.3 Å². The second kappa shape index (κ2) is 5.94. The fourth-order valence-electron chi connectivity index (χ4n) is 3.20. The summed E-state index contributed by atoms with van der Waals surface area (Å²) in [4.78, 5) is 31.5. The third-order valence-electron chi connectivity index (χ3n) is 4.40. The van der Waals surface area contributed by atoms with Gasteiger partial charge in [-0.15, -0.1) is 11.3 Å². The first-order valence-corrected chi connectivity index (χ1v) is 8.73. The van der Waals surface area contributed by atoms with Crippen molar-refractivity contribution in [2.75, 3.05) is 0 Å². The highest BCUT2D eigenvalue weighted by molar-refractivity contribution is 7.18. The molecule has 24 heavy (non-hydrogen) atoms. The summed E-state index contributed by atoms with van der Waals surface area (Å²) in [5.74, 6) is -0.768. The first kappa shape index (κ1) is 15.2. The van der Waals surface area contributed by atoms with Crippen LogP contribution in [0.5, 0.6) is 0 Å². The Morgan fingerprint density at radius 2 is 2.12 bits per heavy atom. The Morgan fingerprint density at radius 3 is 2.96 bits per heavy atom. The van der Waals surface area contributed by atoms with Gasteiger partial charge in [0.1, 0.15) is 10.6 Å². The van der Waals surface area contributed by atoms with Crippen LogP contribution < -0.4 is 5.56 Å². The van der Waals surface area contributed by atoms with Gasteiger partial charge < -0.3 is 0 Å². The third kappa shape index (κ3) is 2.57. The topological polar surface area (TPSA) is 52.0 Å². The molecule has 3 aromatic rings. The van der Waals surface area contributed by atoms with Gasteiger partial charge in [0.15, 0.2) is 5.78 Å². The van der Waals surface area contributed by atoms with Crippen molar-refractivity contribution in [3.05, 3.63) is 62.8 Å². The predicted molar refractivity (Wildman–Crippen MR) is 91.3 cm³/mol. The number of aryl methyl sites for hydroxylation is 2. The summed E-state index contributed by atoms with van der Waals surface area (Å²) in [5.41, 5.74) is 1.19. The van der Waals surface area contributed by atoms with Crippen molar-refractivity contribution in [2.45, 2.75) is 32.2 Å². The molecule has 0 N–H and O–H groups in total. The maximum Gasteiger partial charge on any atom is 0.262 e. The number of rotatable bonds is 3. The Labute approximate surface area is 141 Å². The summed E-state index contributed by atoms with van der Waals surface area (Å²) in [6.07, 6.45) is 5.54. The monoisotopic (exact) mass is 342 g/mol. The first-order chi connectivity index (χ1) is 11.6. The Balaban J connectivity index is 1.73. The molecule has 2 aromatic heterocycles. The highest BCUT2D eigenvalue weighted by Crippen LogP contribution is 2.33. The smallest absolute Gasteiger partial charge is 0.262 e. The molecule has 6 heteroatoms. The minimum absolute atomic E-state index is 0.129. The van der Waals surface area contributed by atoms with Crippen LogP contribution in [0.25, 0.3) is 10.2 Å². The average molecular weight is 342 g/mol. The van der Waals surface area contributed by atoms with Crippen LogP contribution in [0.1, 0.15) is 33.6 Å². The van der Waals surface area contributed by atoms with Crippen molar-refractivity contribution in [1.29, 1.82) is 0 Å². The van der Waals surface area contributed by atoms with Gasteiger partial charge in [0.2, 0.25) is 0 Å². The number of hydrogen-bond donors (Lipinski definition) is 0. The van der Waals surface area contributed by atoms with Gasteiger partial charge in [-0.05, 0) is 43.4 Å². The maximum atomic E-state index is 13.3. The number of carbonyl (C=O) groups excluding carboxylic acids is 1. The summed E-state index contributed by atoms with van der Waals surface area (Å²) in [7, 11) is 0. The van der Waals surface area contributed by atoms with E-state index in [1.807, 2.05) is 0 Å². The summed E-state index contributed by atoms with van der Waals surface area (Å²) in [5, 5.41) is 0.657. The Bertz CT molecular complexity index is 1010. The number of ketones is 1. The van der Waals surface area contributed by atoms with Crippen LogP contribution in [0.15, 0.2) is 35.4 Å². The van der Waals surface area contributed by atoms with Crippen molar-refractivity contribution >= 4 is 27.3 Å². The highest BCUT2D eigenvalue weighted by atomic mass is 32.1. The second-order valence-electron chi connectivity index (χ2n) is 6.00. The molecule has 1 aromatic carbocycles. The van der Waals surface area contributed by atoms with E-state index in [9.17, 15) is 14.0 Å². The predicted octanol–water partition coefficient (Wildman–Crippen LogP) is 3.36. The minimum Gasteiger partial charge on any atom is -0.292 e. The van der Waals surface area contributed by atoms with Crippen LogP contribution in [-0.2, 0) is 19.4 Å². The van der Waals surface area contributed by atoms with Crippen LogP contribution in [0.2, 0.25) is 0 Å². The van der Waals surface area contributed by atoms with E-state index in [1.54, 1.807) is 17.4 Å². The molecule has 0 unspecified atom stereocenters. The van der Waals surface area contributed by atoms with Crippen LogP contribution in [0, 0.1) is 5.82 Å². The van der Waals surface area contributed by atoms with E-state index in [1.165, 1.54) is 34.0 Å². The largest absolute Gasteiger partial charge is 0.292 e. The molecule has 0 fully saturated rings. The minimum atomic E-state index is -0.464. The lowest BCUT2D eigenvalue weighted by Crippen LogP contribution is -2.25. The number of carbonyl (C=O) groups is 1. The Hall–Kier alpha value is -2.34. The fourth-order valence-corrected chi connectivity index (χ4v) is 4.42. The molecule has 2 heterocycles. The van der Waals surface area contributed by atoms with Gasteiger partial charge in [-0.2, -0.15) is 0 Å². The first-order valence-electron chi connectivity index (χ1n) is 7.92. The number of aromatic nitrogens is 2. The molecule has 122 valence electrons. The lowest BCUT2D eigenvalue weighted by molar-refractivity contribution is 0.0970. The third-order valence-corrected chi connectivity index (χ3v) is 5.60. The number of halogens is 1. The Kier molecular flexibility index (Phi) is 3.76. The number of fused-ring (bicyclic) bond motifs is 3. The number of hydrogen-bond acceptors (Lipinski definition) is 4. The molecular formula is C18H15FN2O2S. The van der Waals surface area contributed by atoms with Gasteiger partial charge >= 0.3 is 0 Å². The Morgan fingerprint density at radius 1 is 1.29 bits per heavy atom. The number of Topliss-reactive ketones (excluding diaryl/α,β-unsaturated/α-hetero) is 1. The molecule has 1 aliphatic carbocycles. The number of benzene rings is 1. The van der Waals surface area contributed by atoms with Crippen LogP contribution in [-0.4, -0.2) is 15.3 Å². The standard InChI is InChI=1S/C18H15FN2O2S/c19-12-5-3-4-11(8-12)14(22)9-21-10-20-17-16(18(21)23)13-6-1-2-7-15(13)24-17/h3-5,8,10H,1-2,6-7,9H2. The summed E-state index contributed by atoms with van der Waals surface area (Å²) >= 11 is 1.58. The summed E-state index contributed by atoms with van der Waals surface area (Å²) < 4.78 is 14.6. The maximum absolute atomic E-state index is 13.3. The van der Waals surface area contributed by atoms with Crippen molar-refractivity contribution < 1.29 is 9.18 Å². The average Bonchev–Trinajstić information content (AvgIpc) is 2.96. The molecule has 0 spiro atoms. The van der Waals surface area contributed by atoms with Gasteiger partial charge in [0.05, 0.1) is 18.3 Å². The molecular weight excluding hydrogens is 327 g/mol. The fraction of sp³-hybridized carbons (Fsp3) is 0.278. The van der Waals surface area contributed by atoms with Crippen molar-refractivity contribution in [3.63, 3.8) is 0 Å². The molecule has 4 nitrogen and oxygen atoms in total. The van der Waals surface area contributed by atoms with Crippen LogP contribution in [0.4, 0.5) is 4.39 Å². The van der Waals surface area contributed by atoms with Crippen molar-refractivity contribution in [1.82, 2.24) is 9.55 Å². The summed E-state index contributed by atoms with van der Waals surface area (Å²) in [6.45, 7) is -0.129. The molecule has 0 atom stereocenters. The quantitative estimate of drug-likeness (QED) is 0.686. The van der Waals surface area contributed by atoms with E-state index in [2.05, 4.69) is 4.98 Å². The lowest BCUT2D eigenvalue weighted by Gasteiger charge is -2.10. The number of nitrogens with zero attached hydrogens (tertiary/aromatic N) is 2. The van der Waals surface area contributed by atoms with Gasteiger partial charge in [0, 0.05) is 10.4 Å². The normalized spacial score (nSPS) is 13.9. The van der Waals surface area contributed by atoms with E-state index in [0.717, 1.165) is 36.1 Å². The van der Waals surface area contributed by atoms with Gasteiger partial charge in [-0.1, -0.05) is 12.1 Å². The van der Waals surface area contributed by atoms with Gasteiger partial charge in [0.25, 0.3) is 5.56 Å². The van der Waals surface area contributed by atoms with E-state index >= 15 is 0 Å². The SMILES string of the molecule is O=C(Cn1cnc2sc3c(c2c1=O)CCCC3)c1cccc(F)c1. The lowest BCUT2D eigenvalue weighted by atomic mass is 9.97. The van der Waals surface area contributed by atoms with Crippen molar-refractivity contribution in [2.24, 2.45) is 0 Å². The number of thiophene rings is 1. The zero-order chi connectivity index (χ0) is 16.7. The van der Waals surface area contributed by atoms with Gasteiger partial charge in [-0.3, -0.25) is 14.2 Å². The van der Waals surface area contributed by atoms with Crippen molar-refractivity contribution in [3.8, 4) is 0 Å². The van der Waals surface area contributed by atoms with Crippen LogP contribution in [0.3, 0.4) is 0 Å². The molecule has 4 rings (SSSR count). The molecule has 0 saturated carbocycles. The summed E-state index contributed by atoms with van der Waals surface area (Å²) in [6, 6.07) is 5.51. The van der Waals surface area contributed by atoms with Gasteiger partial charge in [-0.25, -0.2) is 9.37 Å². The molecule has 0 radical (unpaired) electrons. The zero-order valence-corrected chi connectivity index (χ0v) is 13.7. The molecule has 0 aliphatic heterocycles. The second-order valence-corrected chi connectivity index (χ2v) is 7.09. The molecule has 1 aliphatic rings. The van der Waals surface area contributed by atoms with E-state index < -0.39 is 5.82 Å². The molecule has 0 bridgehead atoms. The highest BCUT2D eigenvalue weighted by Gasteiger charge is 2.20. The molecule has 0 amide bonds. The van der Waals surface area contributed by atoms with E-state index in [4.69, 9.17) is 0 Å². The molecule has 0 saturated heterocycles. The zero-order valence-electron chi connectivity index (χ0n) is 12.9. The van der Waals surface area contributed by atoms with E-state index in [-0.39, 0.29) is 23.5 Å². The van der Waals surface area contributed by atoms with E-state index in [0.29, 0.717) is 5.39 Å².